The SMILES string of the molecule is CCCNC(Cc1ccn(C(C)C)n1)c1occc1C. The molecule has 110 valence electrons. The molecule has 0 bridgehead atoms. The lowest BCUT2D eigenvalue weighted by molar-refractivity contribution is 0.403. The number of hydrogen-bond donors (Lipinski definition) is 1. The van der Waals surface area contributed by atoms with Crippen LogP contribution in [-0.2, 0) is 6.42 Å². The predicted octanol–water partition coefficient (Wildman–Crippen LogP) is 3.65. The van der Waals surface area contributed by atoms with Crippen molar-refractivity contribution in [3.63, 3.8) is 0 Å². The molecule has 2 heterocycles. The Bertz CT molecular complexity index is 527. The second-order valence-corrected chi connectivity index (χ2v) is 5.56. The van der Waals surface area contributed by atoms with Crippen molar-refractivity contribution in [2.75, 3.05) is 6.54 Å². The summed E-state index contributed by atoms with van der Waals surface area (Å²) in [7, 11) is 0. The minimum atomic E-state index is 0.195. The number of rotatable bonds is 7. The van der Waals surface area contributed by atoms with E-state index in [0.717, 1.165) is 30.8 Å². The summed E-state index contributed by atoms with van der Waals surface area (Å²) in [6, 6.07) is 4.71. The average Bonchev–Trinajstić information content (AvgIpc) is 3.03. The molecule has 4 heteroatoms. The number of furan rings is 1. The normalized spacial score (nSPS) is 13.1. The van der Waals surface area contributed by atoms with Gasteiger partial charge >= 0.3 is 0 Å². The van der Waals surface area contributed by atoms with Crippen LogP contribution < -0.4 is 5.32 Å². The Kier molecular flexibility index (Phi) is 5.01. The lowest BCUT2D eigenvalue weighted by atomic mass is 10.1. The third-order valence-corrected chi connectivity index (χ3v) is 3.46. The number of nitrogens with one attached hydrogen (secondary N) is 1. The zero-order chi connectivity index (χ0) is 14.5. The zero-order valence-electron chi connectivity index (χ0n) is 12.9. The van der Waals surface area contributed by atoms with Crippen LogP contribution in [0.1, 0.15) is 56.3 Å². The van der Waals surface area contributed by atoms with Crippen LogP contribution in [0.5, 0.6) is 0 Å². The van der Waals surface area contributed by atoms with Gasteiger partial charge in [0.05, 0.1) is 18.0 Å². The molecule has 1 N–H and O–H groups in total. The highest BCUT2D eigenvalue weighted by molar-refractivity contribution is 5.20. The zero-order valence-corrected chi connectivity index (χ0v) is 12.9. The highest BCUT2D eigenvalue weighted by Crippen LogP contribution is 2.22. The smallest absolute Gasteiger partial charge is 0.123 e. The molecule has 0 saturated heterocycles. The topological polar surface area (TPSA) is 43.0 Å². The molecule has 0 aliphatic heterocycles. The van der Waals surface area contributed by atoms with E-state index < -0.39 is 0 Å². The molecule has 20 heavy (non-hydrogen) atoms. The summed E-state index contributed by atoms with van der Waals surface area (Å²) >= 11 is 0. The van der Waals surface area contributed by atoms with Crippen molar-refractivity contribution in [3.8, 4) is 0 Å². The third-order valence-electron chi connectivity index (χ3n) is 3.46. The van der Waals surface area contributed by atoms with E-state index >= 15 is 0 Å². The summed E-state index contributed by atoms with van der Waals surface area (Å²) in [5.74, 6) is 1.03. The molecule has 2 aromatic rings. The summed E-state index contributed by atoms with van der Waals surface area (Å²) in [4.78, 5) is 0. The second kappa shape index (κ2) is 6.75. The summed E-state index contributed by atoms with van der Waals surface area (Å²) in [6.07, 6.45) is 5.77. The monoisotopic (exact) mass is 275 g/mol. The van der Waals surface area contributed by atoms with Crippen LogP contribution in [0.2, 0.25) is 0 Å². The first kappa shape index (κ1) is 14.9. The Morgan fingerprint density at radius 2 is 2.15 bits per heavy atom. The van der Waals surface area contributed by atoms with Gasteiger partial charge in [0.2, 0.25) is 0 Å². The first-order valence-electron chi connectivity index (χ1n) is 7.43. The minimum Gasteiger partial charge on any atom is -0.467 e. The predicted molar refractivity (Wildman–Crippen MR) is 80.8 cm³/mol. The number of aromatic nitrogens is 2. The van der Waals surface area contributed by atoms with E-state index in [2.05, 4.69) is 44.2 Å². The van der Waals surface area contributed by atoms with Crippen molar-refractivity contribution >= 4 is 0 Å². The lowest BCUT2D eigenvalue weighted by Crippen LogP contribution is -2.24. The molecule has 2 aromatic heterocycles. The van der Waals surface area contributed by atoms with Crippen LogP contribution in [0.25, 0.3) is 0 Å². The summed E-state index contributed by atoms with van der Waals surface area (Å²) in [5, 5.41) is 8.19. The summed E-state index contributed by atoms with van der Waals surface area (Å²) < 4.78 is 7.65. The van der Waals surface area contributed by atoms with Gasteiger partial charge in [-0.05, 0) is 51.4 Å². The van der Waals surface area contributed by atoms with Gasteiger partial charge in [0.25, 0.3) is 0 Å². The fourth-order valence-corrected chi connectivity index (χ4v) is 2.30. The molecule has 0 aliphatic rings. The molecule has 0 aliphatic carbocycles. The minimum absolute atomic E-state index is 0.195. The summed E-state index contributed by atoms with van der Waals surface area (Å²) in [6.45, 7) is 9.52. The molecule has 0 spiro atoms. The Morgan fingerprint density at radius 1 is 1.35 bits per heavy atom. The molecular formula is C16H25N3O. The lowest BCUT2D eigenvalue weighted by Gasteiger charge is -2.16. The van der Waals surface area contributed by atoms with Crippen LogP contribution >= 0.6 is 0 Å². The van der Waals surface area contributed by atoms with E-state index in [0.29, 0.717) is 6.04 Å². The highest BCUT2D eigenvalue weighted by atomic mass is 16.3. The van der Waals surface area contributed by atoms with Gasteiger partial charge in [-0.1, -0.05) is 6.92 Å². The van der Waals surface area contributed by atoms with Gasteiger partial charge in [0.15, 0.2) is 0 Å². The van der Waals surface area contributed by atoms with Gasteiger partial charge < -0.3 is 9.73 Å². The maximum atomic E-state index is 5.65. The Labute approximate surface area is 121 Å². The van der Waals surface area contributed by atoms with E-state index in [9.17, 15) is 0 Å². The van der Waals surface area contributed by atoms with Crippen LogP contribution in [0, 0.1) is 6.92 Å². The molecule has 0 aromatic carbocycles. The highest BCUT2D eigenvalue weighted by Gasteiger charge is 2.18. The standard InChI is InChI=1S/C16H25N3O/c1-5-8-17-15(16-13(4)7-10-20-16)11-14-6-9-19(18-14)12(2)3/h6-7,9-10,12,15,17H,5,8,11H2,1-4H3. The number of nitrogens with zero attached hydrogens (tertiary/aromatic N) is 2. The van der Waals surface area contributed by atoms with Gasteiger partial charge in [-0.3, -0.25) is 4.68 Å². The Balaban J connectivity index is 2.12. The molecule has 4 nitrogen and oxygen atoms in total. The first-order valence-corrected chi connectivity index (χ1v) is 7.43. The fraction of sp³-hybridized carbons (Fsp3) is 0.562. The van der Waals surface area contributed by atoms with E-state index in [4.69, 9.17) is 4.42 Å². The van der Waals surface area contributed by atoms with Crippen molar-refractivity contribution in [2.24, 2.45) is 0 Å². The van der Waals surface area contributed by atoms with Gasteiger partial charge in [-0.15, -0.1) is 0 Å². The van der Waals surface area contributed by atoms with E-state index in [1.165, 1.54) is 5.56 Å². The number of aryl methyl sites for hydroxylation is 1. The quantitative estimate of drug-likeness (QED) is 0.838. The van der Waals surface area contributed by atoms with Crippen LogP contribution in [0.4, 0.5) is 0 Å². The molecule has 0 amide bonds. The number of hydrogen-bond acceptors (Lipinski definition) is 3. The van der Waals surface area contributed by atoms with Crippen molar-refractivity contribution in [3.05, 3.63) is 41.6 Å². The first-order chi connectivity index (χ1) is 9.61. The third kappa shape index (κ3) is 3.51. The maximum Gasteiger partial charge on any atom is 0.123 e. The largest absolute Gasteiger partial charge is 0.467 e. The Hall–Kier alpha value is -1.55. The van der Waals surface area contributed by atoms with Crippen molar-refractivity contribution in [1.82, 2.24) is 15.1 Å². The molecule has 1 unspecified atom stereocenters. The molecule has 2 rings (SSSR count). The van der Waals surface area contributed by atoms with Gasteiger partial charge in [-0.2, -0.15) is 5.10 Å². The Morgan fingerprint density at radius 3 is 2.70 bits per heavy atom. The van der Waals surface area contributed by atoms with E-state index in [1.54, 1.807) is 6.26 Å². The fourth-order valence-electron chi connectivity index (χ4n) is 2.30. The molecule has 0 radical (unpaired) electrons. The van der Waals surface area contributed by atoms with Crippen LogP contribution in [0.3, 0.4) is 0 Å². The molecular weight excluding hydrogens is 250 g/mol. The van der Waals surface area contributed by atoms with Crippen molar-refractivity contribution in [2.45, 2.75) is 52.6 Å². The average molecular weight is 275 g/mol. The summed E-state index contributed by atoms with van der Waals surface area (Å²) in [5.41, 5.74) is 2.30. The molecule has 0 saturated carbocycles. The maximum absolute atomic E-state index is 5.65. The second-order valence-electron chi connectivity index (χ2n) is 5.56. The van der Waals surface area contributed by atoms with Gasteiger partial charge in [-0.25, -0.2) is 0 Å². The van der Waals surface area contributed by atoms with Crippen LogP contribution in [-0.4, -0.2) is 16.3 Å². The van der Waals surface area contributed by atoms with Crippen molar-refractivity contribution in [1.29, 1.82) is 0 Å². The van der Waals surface area contributed by atoms with E-state index in [-0.39, 0.29) is 6.04 Å². The van der Waals surface area contributed by atoms with Crippen molar-refractivity contribution < 1.29 is 4.42 Å². The van der Waals surface area contributed by atoms with Crippen LogP contribution in [0.15, 0.2) is 29.0 Å². The van der Waals surface area contributed by atoms with Gasteiger partial charge in [0.1, 0.15) is 5.76 Å². The molecule has 0 fully saturated rings. The van der Waals surface area contributed by atoms with E-state index in [1.807, 2.05) is 16.9 Å². The van der Waals surface area contributed by atoms with Gasteiger partial charge in [0, 0.05) is 18.7 Å². The molecule has 1 atom stereocenters.